The van der Waals surface area contributed by atoms with Crippen LogP contribution in [-0.4, -0.2) is 103 Å². The van der Waals surface area contributed by atoms with Crippen LogP contribution in [0.5, 0.6) is 11.5 Å². The number of carbonyl (C=O) groups is 1. The van der Waals surface area contributed by atoms with E-state index in [0.717, 1.165) is 37.4 Å². The molecule has 3 heterocycles. The van der Waals surface area contributed by atoms with Crippen molar-refractivity contribution in [3.8, 4) is 11.5 Å². The summed E-state index contributed by atoms with van der Waals surface area (Å²) in [6, 6.07) is 16.7. The van der Waals surface area contributed by atoms with Crippen LogP contribution in [0.3, 0.4) is 0 Å². The Hall–Kier alpha value is -4.18. The molecule has 1 saturated heterocycles. The van der Waals surface area contributed by atoms with E-state index in [9.17, 15) is 20.1 Å². The number of hydrogen-bond donors (Lipinski definition) is 6. The zero-order chi connectivity index (χ0) is 31.8. The molecule has 0 spiro atoms. The average Bonchev–Trinajstić information content (AvgIpc) is 3.59. The largest absolute Gasteiger partial charge is 0.480 e. The molecule has 0 amide bonds. The molecule has 5 rings (SSSR count). The van der Waals surface area contributed by atoms with Crippen LogP contribution in [0.25, 0.3) is 11.2 Å². The number of nitrogens with two attached hydrogens (primary N) is 2. The van der Waals surface area contributed by atoms with E-state index >= 15 is 0 Å². The molecule has 4 aromatic rings. The highest BCUT2D eigenvalue weighted by Gasteiger charge is 2.44. The fourth-order valence-corrected chi connectivity index (χ4v) is 5.29. The Labute approximate surface area is 260 Å². The van der Waals surface area contributed by atoms with Crippen LogP contribution < -0.4 is 21.5 Å². The fraction of sp³-hybridized carbons (Fsp3) is 0.419. The highest BCUT2D eigenvalue weighted by atomic mass is 16.6. The Bertz CT molecular complexity index is 1520. The van der Waals surface area contributed by atoms with Crippen molar-refractivity contribution >= 4 is 23.0 Å². The van der Waals surface area contributed by atoms with Gasteiger partial charge in [-0.25, -0.2) is 15.0 Å². The van der Waals surface area contributed by atoms with Gasteiger partial charge < -0.3 is 46.5 Å². The summed E-state index contributed by atoms with van der Waals surface area (Å²) in [4.78, 5) is 25.7. The Morgan fingerprint density at radius 2 is 1.78 bits per heavy atom. The van der Waals surface area contributed by atoms with E-state index in [1.54, 1.807) is 0 Å². The SMILES string of the molecule is Nc1ncnc2c1ncn2[C@@H]1O[C@H](CN(CCCNCCc2ccc(Oc3ccccc3)cc2)CCC(N)C(=O)O)[C@@H](O)[C@H]1O. The minimum atomic E-state index is -1.24. The summed E-state index contributed by atoms with van der Waals surface area (Å²) < 4.78 is 13.5. The van der Waals surface area contributed by atoms with Crippen LogP contribution in [0.2, 0.25) is 0 Å². The van der Waals surface area contributed by atoms with Crippen molar-refractivity contribution in [1.29, 1.82) is 0 Å². The molecule has 0 aliphatic carbocycles. The summed E-state index contributed by atoms with van der Waals surface area (Å²) in [5, 5.41) is 34.4. The number of aromatic nitrogens is 4. The van der Waals surface area contributed by atoms with E-state index in [4.69, 9.17) is 20.9 Å². The van der Waals surface area contributed by atoms with Gasteiger partial charge in [-0.05, 0) is 68.7 Å². The lowest BCUT2D eigenvalue weighted by Gasteiger charge is -2.27. The van der Waals surface area contributed by atoms with Crippen LogP contribution in [0, 0.1) is 0 Å². The van der Waals surface area contributed by atoms with Crippen LogP contribution in [0.1, 0.15) is 24.6 Å². The lowest BCUT2D eigenvalue weighted by Crippen LogP contribution is -2.43. The number of carboxylic acid groups (broad SMARTS) is 1. The van der Waals surface area contributed by atoms with E-state index in [2.05, 4.69) is 32.4 Å². The molecule has 2 aromatic heterocycles. The van der Waals surface area contributed by atoms with Crippen LogP contribution >= 0.6 is 0 Å². The molecule has 1 aliphatic rings. The highest BCUT2D eigenvalue weighted by Crippen LogP contribution is 2.32. The second-order valence-electron chi connectivity index (χ2n) is 11.1. The van der Waals surface area contributed by atoms with Gasteiger partial charge in [0, 0.05) is 13.1 Å². The third-order valence-electron chi connectivity index (χ3n) is 7.83. The van der Waals surface area contributed by atoms with Gasteiger partial charge in [0.05, 0.1) is 6.33 Å². The summed E-state index contributed by atoms with van der Waals surface area (Å²) in [7, 11) is 0. The molecule has 240 valence electrons. The first kappa shape index (κ1) is 32.2. The van der Waals surface area contributed by atoms with E-state index in [1.165, 1.54) is 22.8 Å². The normalized spacial score (nSPS) is 20.5. The predicted molar refractivity (Wildman–Crippen MR) is 166 cm³/mol. The second kappa shape index (κ2) is 15.2. The van der Waals surface area contributed by atoms with Gasteiger partial charge in [-0.2, -0.15) is 0 Å². The molecule has 0 bridgehead atoms. The molecule has 1 aliphatic heterocycles. The predicted octanol–water partition coefficient (Wildman–Crippen LogP) is 1.15. The first-order valence-electron chi connectivity index (χ1n) is 15.0. The lowest BCUT2D eigenvalue weighted by molar-refractivity contribution is -0.138. The minimum absolute atomic E-state index is 0.198. The number of hydrogen-bond acceptors (Lipinski definition) is 12. The maximum absolute atomic E-state index is 11.3. The Morgan fingerprint density at radius 1 is 1.02 bits per heavy atom. The molecule has 0 saturated carbocycles. The standard InChI is InChI=1S/C31H40N8O6/c32-23(31(42)43)12-16-38(15-4-13-34-14-11-20-7-9-22(10-8-20)44-21-5-2-1-3-6-21)17-24-26(40)27(41)30(45-24)39-19-37-25-28(33)35-18-36-29(25)39/h1-3,5-10,18-19,23-24,26-27,30,34,40-41H,4,11-17,32H2,(H,42,43)(H2,33,35,36)/t23?,24-,26-,27-,30-/m1/s1. The van der Waals surface area contributed by atoms with E-state index in [1.807, 2.05) is 47.4 Å². The molecular formula is C31H40N8O6. The number of benzene rings is 2. The maximum Gasteiger partial charge on any atom is 0.320 e. The topological polar surface area (TPSA) is 207 Å². The van der Waals surface area contributed by atoms with Crippen LogP contribution in [-0.2, 0) is 16.0 Å². The monoisotopic (exact) mass is 620 g/mol. The summed E-state index contributed by atoms with van der Waals surface area (Å²) in [5.41, 5.74) is 13.6. The third-order valence-corrected chi connectivity index (χ3v) is 7.83. The molecule has 0 radical (unpaired) electrons. The van der Waals surface area contributed by atoms with Gasteiger partial charge >= 0.3 is 5.97 Å². The highest BCUT2D eigenvalue weighted by molar-refractivity contribution is 5.81. The lowest BCUT2D eigenvalue weighted by atomic mass is 10.1. The molecule has 8 N–H and O–H groups in total. The summed E-state index contributed by atoms with van der Waals surface area (Å²) in [6.45, 7) is 2.78. The number of aliphatic carboxylic acids is 1. The second-order valence-corrected chi connectivity index (χ2v) is 11.1. The molecule has 5 atom stereocenters. The number of nitrogens with one attached hydrogen (secondary N) is 1. The van der Waals surface area contributed by atoms with Crippen LogP contribution in [0.4, 0.5) is 5.82 Å². The zero-order valence-electron chi connectivity index (χ0n) is 24.9. The van der Waals surface area contributed by atoms with Crippen molar-refractivity contribution in [2.75, 3.05) is 38.5 Å². The molecule has 14 nitrogen and oxygen atoms in total. The van der Waals surface area contributed by atoms with Crippen molar-refractivity contribution in [2.24, 2.45) is 5.73 Å². The first-order valence-corrected chi connectivity index (χ1v) is 15.0. The number of carboxylic acids is 1. The van der Waals surface area contributed by atoms with E-state index in [-0.39, 0.29) is 18.8 Å². The van der Waals surface area contributed by atoms with Gasteiger partial charge in [-0.3, -0.25) is 9.36 Å². The van der Waals surface area contributed by atoms with Crippen molar-refractivity contribution in [1.82, 2.24) is 29.7 Å². The average molecular weight is 621 g/mol. The molecular weight excluding hydrogens is 580 g/mol. The fourth-order valence-electron chi connectivity index (χ4n) is 5.29. The number of aliphatic hydroxyl groups is 2. The number of para-hydroxylation sites is 1. The Morgan fingerprint density at radius 3 is 2.53 bits per heavy atom. The van der Waals surface area contributed by atoms with Gasteiger partial charge in [0.2, 0.25) is 0 Å². The first-order chi connectivity index (χ1) is 21.8. The Balaban J connectivity index is 1.10. The van der Waals surface area contributed by atoms with Crippen molar-refractivity contribution < 1.29 is 29.6 Å². The van der Waals surface area contributed by atoms with Gasteiger partial charge in [0.1, 0.15) is 47.7 Å². The zero-order valence-corrected chi connectivity index (χ0v) is 24.9. The van der Waals surface area contributed by atoms with E-state index < -0.39 is 36.6 Å². The Kier molecular flexibility index (Phi) is 10.9. The van der Waals surface area contributed by atoms with Crippen LogP contribution in [0.15, 0.2) is 67.3 Å². The number of nitrogen functional groups attached to an aromatic ring is 1. The van der Waals surface area contributed by atoms with Gasteiger partial charge in [0.15, 0.2) is 17.7 Å². The summed E-state index contributed by atoms with van der Waals surface area (Å²) >= 11 is 0. The van der Waals surface area contributed by atoms with Crippen molar-refractivity contribution in [3.63, 3.8) is 0 Å². The molecule has 14 heteroatoms. The van der Waals surface area contributed by atoms with Gasteiger partial charge in [-0.1, -0.05) is 30.3 Å². The van der Waals surface area contributed by atoms with Crippen molar-refractivity contribution in [3.05, 3.63) is 72.8 Å². The molecule has 45 heavy (non-hydrogen) atoms. The van der Waals surface area contributed by atoms with Crippen molar-refractivity contribution in [2.45, 2.75) is 49.8 Å². The molecule has 1 unspecified atom stereocenters. The van der Waals surface area contributed by atoms with Gasteiger partial charge in [0.25, 0.3) is 0 Å². The number of rotatable bonds is 16. The van der Waals surface area contributed by atoms with Gasteiger partial charge in [-0.15, -0.1) is 0 Å². The number of fused-ring (bicyclic) bond motifs is 1. The number of nitrogens with zero attached hydrogens (tertiary/aromatic N) is 5. The number of imidazole rings is 1. The maximum atomic E-state index is 11.3. The quantitative estimate of drug-likeness (QED) is 0.0973. The number of aliphatic hydroxyl groups excluding tert-OH is 2. The number of anilines is 1. The smallest absolute Gasteiger partial charge is 0.320 e. The molecule has 1 fully saturated rings. The number of ether oxygens (including phenoxy) is 2. The summed E-state index contributed by atoms with van der Waals surface area (Å²) in [5.74, 6) is 0.706. The minimum Gasteiger partial charge on any atom is -0.480 e. The third kappa shape index (κ3) is 8.30. The van der Waals surface area contributed by atoms with E-state index in [0.29, 0.717) is 24.3 Å². The molecule has 2 aromatic carbocycles. The summed E-state index contributed by atoms with van der Waals surface area (Å²) in [6.07, 6.45) is 0.469.